The Morgan fingerprint density at radius 1 is 1.27 bits per heavy atom. The number of benzene rings is 1. The minimum absolute atomic E-state index is 0.0641. The molecule has 0 aliphatic carbocycles. The van der Waals surface area contributed by atoms with Crippen molar-refractivity contribution in [1.29, 1.82) is 0 Å². The molecule has 1 aliphatic heterocycles. The van der Waals surface area contributed by atoms with Gasteiger partial charge >= 0.3 is 0 Å². The molecule has 4 nitrogen and oxygen atoms in total. The summed E-state index contributed by atoms with van der Waals surface area (Å²) in [7, 11) is 0. The van der Waals surface area contributed by atoms with E-state index >= 15 is 0 Å². The number of halogens is 1. The molecule has 0 atom stereocenters. The Hall–Kier alpha value is -1.81. The van der Waals surface area contributed by atoms with Crippen molar-refractivity contribution in [2.45, 2.75) is 0 Å². The second-order valence-electron chi connectivity index (χ2n) is 3.04. The summed E-state index contributed by atoms with van der Waals surface area (Å²) in [5, 5.41) is 11.4. The van der Waals surface area contributed by atoms with Crippen LogP contribution in [0.1, 0.15) is 5.56 Å². The van der Waals surface area contributed by atoms with Crippen LogP contribution in [0.25, 0.3) is 5.57 Å². The monoisotopic (exact) mass is 223 g/mol. The first-order valence-electron chi connectivity index (χ1n) is 4.14. The van der Waals surface area contributed by atoms with Gasteiger partial charge in [0.15, 0.2) is 0 Å². The van der Waals surface area contributed by atoms with Gasteiger partial charge in [0.1, 0.15) is 5.75 Å². The quantitative estimate of drug-likeness (QED) is 0.701. The van der Waals surface area contributed by atoms with E-state index in [1.807, 2.05) is 0 Å². The van der Waals surface area contributed by atoms with Crippen molar-refractivity contribution < 1.29 is 14.7 Å². The molecule has 0 spiro atoms. The molecule has 0 fully saturated rings. The topological polar surface area (TPSA) is 66.4 Å². The van der Waals surface area contributed by atoms with Gasteiger partial charge in [-0.1, -0.05) is 17.7 Å². The third kappa shape index (κ3) is 1.71. The fraction of sp³-hybridized carbons (Fsp3) is 0. The van der Waals surface area contributed by atoms with Crippen LogP contribution >= 0.6 is 11.6 Å². The first kappa shape index (κ1) is 9.73. The Labute approximate surface area is 90.2 Å². The average molecular weight is 224 g/mol. The highest BCUT2D eigenvalue weighted by Crippen LogP contribution is 2.28. The van der Waals surface area contributed by atoms with Gasteiger partial charge in [-0.2, -0.15) is 0 Å². The number of hydrogen-bond donors (Lipinski definition) is 2. The predicted molar refractivity (Wildman–Crippen MR) is 54.2 cm³/mol. The maximum absolute atomic E-state index is 11.3. The molecule has 1 aromatic rings. The Balaban J connectivity index is 2.47. The molecule has 1 heterocycles. The van der Waals surface area contributed by atoms with Crippen LogP contribution in [0.2, 0.25) is 5.02 Å². The molecule has 15 heavy (non-hydrogen) atoms. The van der Waals surface area contributed by atoms with Gasteiger partial charge in [-0.15, -0.1) is 0 Å². The van der Waals surface area contributed by atoms with Crippen LogP contribution in [0.15, 0.2) is 24.3 Å². The van der Waals surface area contributed by atoms with E-state index in [0.29, 0.717) is 5.56 Å². The fourth-order valence-corrected chi connectivity index (χ4v) is 1.48. The summed E-state index contributed by atoms with van der Waals surface area (Å²) < 4.78 is 0. The highest BCUT2D eigenvalue weighted by atomic mass is 35.5. The van der Waals surface area contributed by atoms with Crippen LogP contribution in [-0.4, -0.2) is 16.9 Å². The van der Waals surface area contributed by atoms with Gasteiger partial charge in [0, 0.05) is 6.08 Å². The van der Waals surface area contributed by atoms with Crippen LogP contribution < -0.4 is 5.32 Å². The van der Waals surface area contributed by atoms with Gasteiger partial charge in [-0.05, 0) is 17.7 Å². The number of nitrogens with one attached hydrogen (secondary N) is 1. The summed E-state index contributed by atoms with van der Waals surface area (Å²) in [4.78, 5) is 22.2. The van der Waals surface area contributed by atoms with Crippen molar-refractivity contribution in [2.75, 3.05) is 0 Å². The summed E-state index contributed by atoms with van der Waals surface area (Å²) >= 11 is 5.68. The molecule has 1 aliphatic rings. The van der Waals surface area contributed by atoms with Gasteiger partial charge in [0.25, 0.3) is 11.8 Å². The third-order valence-electron chi connectivity index (χ3n) is 2.02. The average Bonchev–Trinajstić information content (AvgIpc) is 2.50. The molecule has 0 radical (unpaired) electrons. The fourth-order valence-electron chi connectivity index (χ4n) is 1.30. The molecule has 2 N–H and O–H groups in total. The number of amides is 2. The minimum Gasteiger partial charge on any atom is -0.506 e. The summed E-state index contributed by atoms with van der Waals surface area (Å²) in [6, 6.07) is 4.32. The molecule has 0 bridgehead atoms. The SMILES string of the molecule is O=C1C=C(c2ccc(O)c(Cl)c2)C(=O)N1. The van der Waals surface area contributed by atoms with Crippen LogP contribution in [0, 0.1) is 0 Å². The van der Waals surface area contributed by atoms with Crippen molar-refractivity contribution in [3.05, 3.63) is 34.9 Å². The maximum atomic E-state index is 11.3. The second kappa shape index (κ2) is 3.40. The van der Waals surface area contributed by atoms with E-state index in [1.54, 1.807) is 0 Å². The van der Waals surface area contributed by atoms with Crippen molar-refractivity contribution in [1.82, 2.24) is 5.32 Å². The van der Waals surface area contributed by atoms with Crippen LogP contribution in [0.4, 0.5) is 0 Å². The van der Waals surface area contributed by atoms with Gasteiger partial charge < -0.3 is 5.11 Å². The smallest absolute Gasteiger partial charge is 0.258 e. The molecule has 76 valence electrons. The Morgan fingerprint density at radius 3 is 2.53 bits per heavy atom. The lowest BCUT2D eigenvalue weighted by Gasteiger charge is -2.02. The van der Waals surface area contributed by atoms with E-state index < -0.39 is 11.8 Å². The molecule has 2 rings (SSSR count). The molecule has 0 saturated carbocycles. The maximum Gasteiger partial charge on any atom is 0.258 e. The predicted octanol–water partition coefficient (Wildman–Crippen LogP) is 1.09. The molecule has 0 aromatic heterocycles. The molecular weight excluding hydrogens is 218 g/mol. The Morgan fingerprint density at radius 2 is 2.00 bits per heavy atom. The van der Waals surface area contributed by atoms with Crippen molar-refractivity contribution >= 4 is 29.0 Å². The molecule has 0 saturated heterocycles. The summed E-state index contributed by atoms with van der Waals surface area (Å²) in [5.41, 5.74) is 0.753. The molecule has 0 unspecified atom stereocenters. The minimum atomic E-state index is -0.457. The van der Waals surface area contributed by atoms with Gasteiger partial charge in [-0.3, -0.25) is 14.9 Å². The zero-order chi connectivity index (χ0) is 11.0. The van der Waals surface area contributed by atoms with E-state index in [4.69, 9.17) is 11.6 Å². The lowest BCUT2D eigenvalue weighted by atomic mass is 10.1. The zero-order valence-corrected chi connectivity index (χ0v) is 8.21. The molecule has 1 aromatic carbocycles. The molecular formula is C10H6ClNO3. The van der Waals surface area contributed by atoms with E-state index in [-0.39, 0.29) is 16.3 Å². The summed E-state index contributed by atoms with van der Waals surface area (Å²) in [6.07, 6.45) is 1.20. The lowest BCUT2D eigenvalue weighted by Crippen LogP contribution is -2.21. The Bertz CT molecular complexity index is 493. The van der Waals surface area contributed by atoms with Crippen molar-refractivity contribution in [3.63, 3.8) is 0 Å². The van der Waals surface area contributed by atoms with Gasteiger partial charge in [-0.25, -0.2) is 0 Å². The van der Waals surface area contributed by atoms with E-state index in [9.17, 15) is 14.7 Å². The van der Waals surface area contributed by atoms with Crippen LogP contribution in [0.5, 0.6) is 5.75 Å². The van der Waals surface area contributed by atoms with E-state index in [1.165, 1.54) is 24.3 Å². The summed E-state index contributed by atoms with van der Waals surface area (Å²) in [6.45, 7) is 0. The van der Waals surface area contributed by atoms with Crippen LogP contribution in [-0.2, 0) is 9.59 Å². The number of phenolic OH excluding ortho intramolecular Hbond substituents is 1. The summed E-state index contributed by atoms with van der Waals surface area (Å²) in [5.74, 6) is -0.966. The Kier molecular flexibility index (Phi) is 2.21. The van der Waals surface area contributed by atoms with Gasteiger partial charge in [0.2, 0.25) is 0 Å². The number of hydrogen-bond acceptors (Lipinski definition) is 3. The number of phenols is 1. The highest BCUT2D eigenvalue weighted by molar-refractivity contribution is 6.35. The van der Waals surface area contributed by atoms with Crippen LogP contribution in [0.3, 0.4) is 0 Å². The highest BCUT2D eigenvalue weighted by Gasteiger charge is 2.22. The van der Waals surface area contributed by atoms with Crippen molar-refractivity contribution in [3.8, 4) is 5.75 Å². The second-order valence-corrected chi connectivity index (χ2v) is 3.45. The first-order chi connectivity index (χ1) is 7.08. The number of rotatable bonds is 1. The first-order valence-corrected chi connectivity index (χ1v) is 4.51. The number of carbonyl (C=O) groups is 2. The molecule has 5 heteroatoms. The van der Waals surface area contributed by atoms with Gasteiger partial charge in [0.05, 0.1) is 10.6 Å². The normalized spacial score (nSPS) is 15.1. The molecule has 2 amide bonds. The lowest BCUT2D eigenvalue weighted by molar-refractivity contribution is -0.123. The van der Waals surface area contributed by atoms with E-state index in [2.05, 4.69) is 5.32 Å². The van der Waals surface area contributed by atoms with Crippen molar-refractivity contribution in [2.24, 2.45) is 0 Å². The number of imide groups is 1. The van der Waals surface area contributed by atoms with E-state index in [0.717, 1.165) is 0 Å². The number of aromatic hydroxyl groups is 1. The largest absolute Gasteiger partial charge is 0.506 e. The zero-order valence-electron chi connectivity index (χ0n) is 7.45. The number of carbonyl (C=O) groups excluding carboxylic acids is 2. The standard InChI is InChI=1S/C10H6ClNO3/c11-7-3-5(1-2-8(7)13)6-4-9(14)12-10(6)15/h1-4,13H,(H,12,14,15). The third-order valence-corrected chi connectivity index (χ3v) is 2.32.